The summed E-state index contributed by atoms with van der Waals surface area (Å²) in [5.74, 6) is 0. The van der Waals surface area contributed by atoms with Crippen LogP contribution >= 0.6 is 22.7 Å². The van der Waals surface area contributed by atoms with Crippen molar-refractivity contribution in [3.05, 3.63) is 45.3 Å². The van der Waals surface area contributed by atoms with Gasteiger partial charge in [0.25, 0.3) is 0 Å². The normalized spacial score (nSPS) is 8.08. The van der Waals surface area contributed by atoms with E-state index in [-0.39, 0.29) is 18.9 Å². The molecule has 2 rings (SSSR count). The second-order valence-corrected chi connectivity index (χ2v) is 3.94. The van der Waals surface area contributed by atoms with Gasteiger partial charge < -0.3 is 11.3 Å². The Morgan fingerprint density at radius 2 is 2.15 bits per heavy atom. The van der Waals surface area contributed by atoms with E-state index in [1.807, 2.05) is 28.8 Å². The number of hydrogen-bond acceptors (Lipinski definition) is 2. The third-order valence-corrected chi connectivity index (χ3v) is 2.89. The summed E-state index contributed by atoms with van der Waals surface area (Å²) in [6.07, 6.45) is 1.18. The first-order valence-corrected chi connectivity index (χ1v) is 5.61. The van der Waals surface area contributed by atoms with Crippen LogP contribution in [-0.4, -0.2) is 0 Å². The van der Waals surface area contributed by atoms with E-state index < -0.39 is 0 Å². The predicted molar refractivity (Wildman–Crippen MR) is 56.9 cm³/mol. The van der Waals surface area contributed by atoms with Crippen LogP contribution in [0.5, 0.6) is 0 Å². The molecule has 2 aromatic rings. The molecule has 0 saturated heterocycles. The van der Waals surface area contributed by atoms with Crippen molar-refractivity contribution < 1.29 is 18.9 Å². The van der Waals surface area contributed by atoms with E-state index in [0.29, 0.717) is 0 Å². The molecule has 0 amide bonds. The third-order valence-electron chi connectivity index (χ3n) is 1.31. The van der Waals surface area contributed by atoms with E-state index in [9.17, 15) is 0 Å². The third kappa shape index (κ3) is 6.12. The van der Waals surface area contributed by atoms with Crippen molar-refractivity contribution in [2.45, 2.75) is 13.3 Å². The fourth-order valence-electron chi connectivity index (χ4n) is 0.710. The predicted octanol–water partition coefficient (Wildman–Crippen LogP) is 0.863. The van der Waals surface area contributed by atoms with Crippen LogP contribution in [-0.2, 0) is 6.42 Å². The maximum atomic E-state index is 2.90. The van der Waals surface area contributed by atoms with E-state index in [1.54, 1.807) is 11.3 Å². The Morgan fingerprint density at radius 3 is 2.38 bits per heavy atom. The van der Waals surface area contributed by atoms with Crippen LogP contribution in [0.1, 0.15) is 11.8 Å². The van der Waals surface area contributed by atoms with Gasteiger partial charge in [-0.05, 0) is 17.9 Å². The molecule has 0 spiro atoms. The molecule has 0 aromatic carbocycles. The number of thiophene rings is 2. The van der Waals surface area contributed by atoms with E-state index in [4.69, 9.17) is 0 Å². The second-order valence-electron chi connectivity index (χ2n) is 2.16. The SMILES string of the molecule is CCc1cccs1.[Li+].[c-]1cccs1. The van der Waals surface area contributed by atoms with Crippen LogP contribution in [0.2, 0.25) is 0 Å². The summed E-state index contributed by atoms with van der Waals surface area (Å²) in [7, 11) is 0. The molecule has 3 heteroatoms. The van der Waals surface area contributed by atoms with Gasteiger partial charge in [-0.3, -0.25) is 0 Å². The Labute approximate surface area is 99.8 Å². The maximum absolute atomic E-state index is 2.90. The van der Waals surface area contributed by atoms with Crippen molar-refractivity contribution in [1.29, 1.82) is 0 Å². The van der Waals surface area contributed by atoms with Gasteiger partial charge in [-0.15, -0.1) is 16.7 Å². The van der Waals surface area contributed by atoms with Gasteiger partial charge in [-0.2, -0.15) is 11.4 Å². The molecule has 0 bridgehead atoms. The quantitative estimate of drug-likeness (QED) is 0.475. The van der Waals surface area contributed by atoms with Gasteiger partial charge in [0.2, 0.25) is 0 Å². The first-order valence-electron chi connectivity index (χ1n) is 3.85. The minimum atomic E-state index is 0. The zero-order valence-corrected chi connectivity index (χ0v) is 9.62. The van der Waals surface area contributed by atoms with Gasteiger partial charge in [0.05, 0.1) is 0 Å². The number of rotatable bonds is 1. The fourth-order valence-corrected chi connectivity index (χ4v) is 1.76. The Kier molecular flexibility index (Phi) is 8.59. The Balaban J connectivity index is 0.000000215. The molecule has 0 fully saturated rings. The standard InChI is InChI=1S/C6H8S.C4H3S.Li/c1-2-6-4-3-5-7-6;1-2-4-5-3-1;/h3-5H,2H2,1H3;1-3H;/q;-1;+1. The van der Waals surface area contributed by atoms with Crippen LogP contribution in [0.25, 0.3) is 0 Å². The first kappa shape index (κ1) is 13.0. The van der Waals surface area contributed by atoms with E-state index in [2.05, 4.69) is 29.8 Å². The first-order chi connectivity index (χ1) is 5.93. The van der Waals surface area contributed by atoms with Gasteiger partial charge in [0, 0.05) is 4.88 Å². The minimum Gasteiger partial charge on any atom is -0.304 e. The molecule has 2 aromatic heterocycles. The largest absolute Gasteiger partial charge is 1.00 e. The van der Waals surface area contributed by atoms with Crippen molar-refractivity contribution in [2.24, 2.45) is 0 Å². The Morgan fingerprint density at radius 1 is 1.31 bits per heavy atom. The zero-order valence-electron chi connectivity index (χ0n) is 7.99. The van der Waals surface area contributed by atoms with Gasteiger partial charge in [0.1, 0.15) is 0 Å². The minimum absolute atomic E-state index is 0. The monoisotopic (exact) mass is 202 g/mol. The molecular weight excluding hydrogens is 191 g/mol. The molecule has 0 nitrogen and oxygen atoms in total. The number of aryl methyl sites for hydroxylation is 1. The van der Waals surface area contributed by atoms with Crippen molar-refractivity contribution in [3.63, 3.8) is 0 Å². The smallest absolute Gasteiger partial charge is 0.304 e. The van der Waals surface area contributed by atoms with E-state index in [0.717, 1.165) is 0 Å². The van der Waals surface area contributed by atoms with Gasteiger partial charge in [0.15, 0.2) is 0 Å². The van der Waals surface area contributed by atoms with Crippen molar-refractivity contribution in [3.8, 4) is 0 Å². The topological polar surface area (TPSA) is 0 Å². The van der Waals surface area contributed by atoms with Crippen LogP contribution in [0.4, 0.5) is 0 Å². The van der Waals surface area contributed by atoms with Gasteiger partial charge >= 0.3 is 18.9 Å². The zero-order chi connectivity index (χ0) is 8.65. The summed E-state index contributed by atoms with van der Waals surface area (Å²) in [6, 6.07) is 8.10. The molecular formula is C10H11LiS2. The summed E-state index contributed by atoms with van der Waals surface area (Å²) in [5.41, 5.74) is 0. The van der Waals surface area contributed by atoms with Crippen LogP contribution in [0.15, 0.2) is 35.0 Å². The molecule has 2 heterocycles. The fraction of sp³-hybridized carbons (Fsp3) is 0.200. The molecule has 0 radical (unpaired) electrons. The maximum Gasteiger partial charge on any atom is 1.00 e. The second kappa shape index (κ2) is 8.59. The summed E-state index contributed by atoms with van der Waals surface area (Å²) < 4.78 is 0. The average molecular weight is 202 g/mol. The van der Waals surface area contributed by atoms with Gasteiger partial charge in [-0.1, -0.05) is 13.0 Å². The van der Waals surface area contributed by atoms with E-state index in [1.165, 1.54) is 11.3 Å². The Bertz CT molecular complexity index is 244. The average Bonchev–Trinajstić information content (AvgIpc) is 2.81. The molecule has 0 N–H and O–H groups in total. The van der Waals surface area contributed by atoms with Crippen LogP contribution < -0.4 is 18.9 Å². The molecule has 0 saturated carbocycles. The summed E-state index contributed by atoms with van der Waals surface area (Å²) >= 11 is 3.41. The van der Waals surface area contributed by atoms with Crippen molar-refractivity contribution in [2.75, 3.05) is 0 Å². The van der Waals surface area contributed by atoms with Crippen LogP contribution in [0, 0.1) is 5.38 Å². The molecule has 64 valence electrons. The summed E-state index contributed by atoms with van der Waals surface area (Å²) in [6.45, 7) is 2.17. The van der Waals surface area contributed by atoms with Crippen molar-refractivity contribution in [1.82, 2.24) is 0 Å². The molecule has 0 aliphatic carbocycles. The van der Waals surface area contributed by atoms with Gasteiger partial charge in [-0.25, -0.2) is 6.07 Å². The number of hydrogen-bond donors (Lipinski definition) is 0. The van der Waals surface area contributed by atoms with Crippen molar-refractivity contribution >= 4 is 22.7 Å². The molecule has 0 atom stereocenters. The van der Waals surface area contributed by atoms with Crippen LogP contribution in [0.3, 0.4) is 0 Å². The summed E-state index contributed by atoms with van der Waals surface area (Å²) in [4.78, 5) is 1.47. The molecule has 0 aliphatic heterocycles. The summed E-state index contributed by atoms with van der Waals surface area (Å²) in [5, 5.41) is 7.00. The molecule has 0 unspecified atom stereocenters. The van der Waals surface area contributed by atoms with E-state index >= 15 is 0 Å². The Hall–Kier alpha value is -0.00260. The molecule has 13 heavy (non-hydrogen) atoms. The molecule has 0 aliphatic rings.